The molecule has 1 aliphatic rings. The van der Waals surface area contributed by atoms with E-state index in [1.807, 2.05) is 105 Å². The number of rotatable bonds is 5. The first-order chi connectivity index (χ1) is 17.5. The second-order valence-electron chi connectivity index (χ2n) is 8.51. The summed E-state index contributed by atoms with van der Waals surface area (Å²) in [6, 6.07) is 27.7. The van der Waals surface area contributed by atoms with Crippen LogP contribution in [0.5, 0.6) is 5.75 Å². The molecule has 0 N–H and O–H groups in total. The van der Waals surface area contributed by atoms with Crippen LogP contribution in [0.2, 0.25) is 0 Å². The van der Waals surface area contributed by atoms with Gasteiger partial charge in [-0.1, -0.05) is 71.6 Å². The molecule has 36 heavy (non-hydrogen) atoms. The molecule has 0 atom stereocenters. The predicted octanol–water partition coefficient (Wildman–Crippen LogP) is 7.28. The largest absolute Gasteiger partial charge is 0.480 e. The van der Waals surface area contributed by atoms with Gasteiger partial charge in [-0.05, 0) is 72.8 Å². The van der Waals surface area contributed by atoms with Crippen molar-refractivity contribution in [2.75, 3.05) is 11.5 Å². The van der Waals surface area contributed by atoms with Crippen molar-refractivity contribution in [3.8, 4) is 18.1 Å². The molecule has 1 saturated heterocycles. The first kappa shape index (κ1) is 23.5. The zero-order valence-corrected chi connectivity index (χ0v) is 20.9. The van der Waals surface area contributed by atoms with E-state index in [2.05, 4.69) is 5.92 Å². The summed E-state index contributed by atoms with van der Waals surface area (Å²) < 4.78 is 5.85. The van der Waals surface area contributed by atoms with E-state index in [0.29, 0.717) is 15.8 Å². The van der Waals surface area contributed by atoms with Crippen molar-refractivity contribution >= 4 is 51.1 Å². The number of amidine groups is 1. The molecule has 176 valence electrons. The molecule has 1 aliphatic heterocycles. The molecule has 0 bridgehead atoms. The Morgan fingerprint density at radius 3 is 2.36 bits per heavy atom. The lowest BCUT2D eigenvalue weighted by Gasteiger charge is -2.16. The van der Waals surface area contributed by atoms with Crippen LogP contribution in [0.4, 0.5) is 11.4 Å². The van der Waals surface area contributed by atoms with Crippen LogP contribution in [0.15, 0.2) is 94.8 Å². The van der Waals surface area contributed by atoms with E-state index in [1.54, 1.807) is 4.90 Å². The molecule has 1 amide bonds. The topological polar surface area (TPSA) is 41.9 Å². The number of thioether (sulfide) groups is 1. The van der Waals surface area contributed by atoms with Crippen LogP contribution in [-0.4, -0.2) is 17.7 Å². The summed E-state index contributed by atoms with van der Waals surface area (Å²) in [7, 11) is 0. The molecule has 4 nitrogen and oxygen atoms in total. The third-order valence-electron chi connectivity index (χ3n) is 5.87. The van der Waals surface area contributed by atoms with Crippen molar-refractivity contribution in [2.24, 2.45) is 4.99 Å². The minimum Gasteiger partial charge on any atom is -0.480 e. The van der Waals surface area contributed by atoms with Gasteiger partial charge in [-0.3, -0.25) is 9.69 Å². The van der Waals surface area contributed by atoms with E-state index in [-0.39, 0.29) is 12.5 Å². The van der Waals surface area contributed by atoms with Gasteiger partial charge in [0.25, 0.3) is 5.91 Å². The van der Waals surface area contributed by atoms with Gasteiger partial charge >= 0.3 is 0 Å². The van der Waals surface area contributed by atoms with Crippen molar-refractivity contribution in [3.05, 3.63) is 107 Å². The number of carbonyl (C=O) groups excluding carboxylic acids is 1. The zero-order chi connectivity index (χ0) is 25.1. The second-order valence-corrected chi connectivity index (χ2v) is 9.52. The maximum Gasteiger partial charge on any atom is 0.271 e. The van der Waals surface area contributed by atoms with Gasteiger partial charge in [0.15, 0.2) is 5.17 Å². The van der Waals surface area contributed by atoms with Crippen molar-refractivity contribution < 1.29 is 9.53 Å². The number of benzene rings is 4. The molecule has 5 rings (SSSR count). The van der Waals surface area contributed by atoms with E-state index in [0.717, 1.165) is 38.8 Å². The normalized spacial score (nSPS) is 15.6. The first-order valence-electron chi connectivity index (χ1n) is 11.6. The van der Waals surface area contributed by atoms with Crippen LogP contribution in [-0.2, 0) is 4.79 Å². The molecular weight excluding hydrogens is 464 g/mol. The molecule has 0 aromatic heterocycles. The minimum absolute atomic E-state index is 0.134. The summed E-state index contributed by atoms with van der Waals surface area (Å²) in [6.45, 7) is 4.20. The molecule has 4 aromatic rings. The van der Waals surface area contributed by atoms with Crippen LogP contribution in [0.3, 0.4) is 0 Å². The summed E-state index contributed by atoms with van der Waals surface area (Å²) in [6.07, 6.45) is 7.34. The van der Waals surface area contributed by atoms with Gasteiger partial charge in [0, 0.05) is 5.56 Å². The number of carbonyl (C=O) groups is 1. The van der Waals surface area contributed by atoms with Gasteiger partial charge in [-0.25, -0.2) is 4.99 Å². The van der Waals surface area contributed by atoms with Gasteiger partial charge < -0.3 is 4.74 Å². The van der Waals surface area contributed by atoms with Gasteiger partial charge in [-0.15, -0.1) is 6.42 Å². The highest BCUT2D eigenvalue weighted by molar-refractivity contribution is 8.19. The number of hydrogen-bond acceptors (Lipinski definition) is 4. The standard InChI is InChI=1S/C31H24N2O2S/c1-4-19-35-28-18-13-23-7-5-6-8-26(23)27(28)20-29-30(34)33(25-16-11-22(3)12-17-25)31(36-29)32-24-14-9-21(2)10-15-24/h1,5-18,20H,19H2,2-3H3/b29-20-,32-31?. The molecule has 0 aliphatic carbocycles. The highest BCUT2D eigenvalue weighted by Crippen LogP contribution is 2.40. The molecule has 1 fully saturated rings. The number of nitrogens with zero attached hydrogens (tertiary/aromatic N) is 2. The number of hydrogen-bond donors (Lipinski definition) is 0. The molecule has 0 unspecified atom stereocenters. The smallest absolute Gasteiger partial charge is 0.271 e. The number of fused-ring (bicyclic) bond motifs is 1. The van der Waals surface area contributed by atoms with E-state index in [4.69, 9.17) is 16.2 Å². The van der Waals surface area contributed by atoms with E-state index in [9.17, 15) is 4.79 Å². The van der Waals surface area contributed by atoms with Crippen molar-refractivity contribution in [3.63, 3.8) is 0 Å². The van der Waals surface area contributed by atoms with Crippen molar-refractivity contribution in [1.82, 2.24) is 0 Å². The molecular formula is C31H24N2O2S. The average molecular weight is 489 g/mol. The summed E-state index contributed by atoms with van der Waals surface area (Å²) >= 11 is 1.35. The number of terminal acetylenes is 1. The second kappa shape index (κ2) is 10.2. The van der Waals surface area contributed by atoms with E-state index in [1.165, 1.54) is 11.8 Å². The van der Waals surface area contributed by atoms with Crippen molar-refractivity contribution in [1.29, 1.82) is 0 Å². The highest BCUT2D eigenvalue weighted by atomic mass is 32.2. The average Bonchev–Trinajstić information content (AvgIpc) is 3.19. The van der Waals surface area contributed by atoms with Crippen LogP contribution >= 0.6 is 11.8 Å². The van der Waals surface area contributed by atoms with Gasteiger partial charge in [0.05, 0.1) is 16.3 Å². The number of aryl methyl sites for hydroxylation is 2. The SMILES string of the molecule is C#CCOc1ccc2ccccc2c1/C=C1\SC(=Nc2ccc(C)cc2)N(c2ccc(C)cc2)C1=O. The Morgan fingerprint density at radius 2 is 1.64 bits per heavy atom. The van der Waals surface area contributed by atoms with Gasteiger partial charge in [0.1, 0.15) is 12.4 Å². The quantitative estimate of drug-likeness (QED) is 0.219. The van der Waals surface area contributed by atoms with Crippen LogP contribution in [0.1, 0.15) is 16.7 Å². The summed E-state index contributed by atoms with van der Waals surface area (Å²) in [5.41, 5.74) is 4.66. The summed E-state index contributed by atoms with van der Waals surface area (Å²) in [5, 5.41) is 2.64. The Balaban J connectivity index is 1.64. The number of anilines is 1. The maximum atomic E-state index is 13.8. The van der Waals surface area contributed by atoms with Crippen LogP contribution < -0.4 is 9.64 Å². The number of aliphatic imine (C=N–C) groups is 1. The predicted molar refractivity (Wildman–Crippen MR) is 151 cm³/mol. The fraction of sp³-hybridized carbons (Fsp3) is 0.0968. The lowest BCUT2D eigenvalue weighted by Crippen LogP contribution is -2.28. The summed E-state index contributed by atoms with van der Waals surface area (Å²) in [5.74, 6) is 3.03. The third-order valence-corrected chi connectivity index (χ3v) is 6.84. The van der Waals surface area contributed by atoms with Crippen LogP contribution in [0.25, 0.3) is 16.8 Å². The number of ether oxygens (including phenoxy) is 1. The van der Waals surface area contributed by atoms with Gasteiger partial charge in [0.2, 0.25) is 0 Å². The lowest BCUT2D eigenvalue weighted by molar-refractivity contribution is -0.113. The Hall–Kier alpha value is -4.27. The van der Waals surface area contributed by atoms with E-state index >= 15 is 0 Å². The molecule has 5 heteroatoms. The Morgan fingerprint density at radius 1 is 0.944 bits per heavy atom. The summed E-state index contributed by atoms with van der Waals surface area (Å²) in [4.78, 5) is 20.9. The Bertz CT molecular complexity index is 1540. The van der Waals surface area contributed by atoms with Crippen LogP contribution in [0, 0.1) is 26.2 Å². The minimum atomic E-state index is -0.134. The fourth-order valence-electron chi connectivity index (χ4n) is 4.00. The van der Waals surface area contributed by atoms with Gasteiger partial charge in [-0.2, -0.15) is 0 Å². The monoisotopic (exact) mass is 488 g/mol. The molecule has 0 saturated carbocycles. The maximum absolute atomic E-state index is 13.8. The molecule has 0 radical (unpaired) electrons. The zero-order valence-electron chi connectivity index (χ0n) is 20.1. The lowest BCUT2D eigenvalue weighted by atomic mass is 10.0. The fourth-order valence-corrected chi connectivity index (χ4v) is 4.98. The Labute approximate surface area is 215 Å². The highest BCUT2D eigenvalue weighted by Gasteiger charge is 2.35. The van der Waals surface area contributed by atoms with E-state index < -0.39 is 0 Å². The number of amides is 1. The Kier molecular flexibility index (Phi) is 6.62. The molecule has 0 spiro atoms. The third kappa shape index (κ3) is 4.77. The molecule has 1 heterocycles. The first-order valence-corrected chi connectivity index (χ1v) is 12.4. The van der Waals surface area contributed by atoms with Crippen molar-refractivity contribution in [2.45, 2.75) is 13.8 Å². The molecule has 4 aromatic carbocycles.